The standard InChI is InChI=1S/C15H17FOS/c1-9-6-11(16)2-5-14(9)15(17)10-7-12-3-4-13(8-10)18-12/h2,5-6,10,12-13H,3-4,7-8H2,1H3. The summed E-state index contributed by atoms with van der Waals surface area (Å²) >= 11 is 2.06. The van der Waals surface area contributed by atoms with Gasteiger partial charge in [-0.25, -0.2) is 4.39 Å². The lowest BCUT2D eigenvalue weighted by molar-refractivity contribution is 0.0906. The van der Waals surface area contributed by atoms with Gasteiger partial charge in [-0.15, -0.1) is 0 Å². The van der Waals surface area contributed by atoms with Crippen molar-refractivity contribution in [1.29, 1.82) is 0 Å². The molecule has 2 aliphatic heterocycles. The maximum atomic E-state index is 13.1. The van der Waals surface area contributed by atoms with E-state index in [-0.39, 0.29) is 17.5 Å². The van der Waals surface area contributed by atoms with E-state index in [0.29, 0.717) is 16.1 Å². The summed E-state index contributed by atoms with van der Waals surface area (Å²) in [5, 5.41) is 1.36. The second-order valence-electron chi connectivity index (χ2n) is 5.45. The third-order valence-electron chi connectivity index (χ3n) is 4.12. The van der Waals surface area contributed by atoms with Crippen molar-refractivity contribution in [3.8, 4) is 0 Å². The van der Waals surface area contributed by atoms with E-state index in [1.807, 2.05) is 6.92 Å². The molecule has 0 aliphatic carbocycles. The van der Waals surface area contributed by atoms with Crippen LogP contribution in [0.25, 0.3) is 0 Å². The van der Waals surface area contributed by atoms with Gasteiger partial charge in [-0.1, -0.05) is 0 Å². The van der Waals surface area contributed by atoms with E-state index in [2.05, 4.69) is 11.8 Å². The fourth-order valence-electron chi connectivity index (χ4n) is 3.20. The van der Waals surface area contributed by atoms with Crippen molar-refractivity contribution in [3.63, 3.8) is 0 Å². The number of ketones is 1. The van der Waals surface area contributed by atoms with Crippen LogP contribution in [0.1, 0.15) is 41.6 Å². The van der Waals surface area contributed by atoms with Gasteiger partial charge in [0.2, 0.25) is 0 Å². The fraction of sp³-hybridized carbons (Fsp3) is 0.533. The Morgan fingerprint density at radius 3 is 2.56 bits per heavy atom. The SMILES string of the molecule is Cc1cc(F)ccc1C(=O)C1CC2CCC(C1)S2. The molecular formula is C15H17FOS. The topological polar surface area (TPSA) is 17.1 Å². The maximum Gasteiger partial charge on any atom is 0.166 e. The van der Waals surface area contributed by atoms with Crippen LogP contribution in [-0.2, 0) is 0 Å². The molecular weight excluding hydrogens is 247 g/mol. The molecule has 3 rings (SSSR count). The van der Waals surface area contributed by atoms with E-state index < -0.39 is 0 Å². The van der Waals surface area contributed by atoms with E-state index >= 15 is 0 Å². The average molecular weight is 264 g/mol. The van der Waals surface area contributed by atoms with Gasteiger partial charge in [0.25, 0.3) is 0 Å². The van der Waals surface area contributed by atoms with Crippen molar-refractivity contribution in [2.24, 2.45) is 5.92 Å². The Hall–Kier alpha value is -0.830. The molecule has 0 saturated carbocycles. The molecule has 1 aromatic carbocycles. The molecule has 2 atom stereocenters. The summed E-state index contributed by atoms with van der Waals surface area (Å²) in [4.78, 5) is 12.5. The first kappa shape index (κ1) is 12.2. The van der Waals surface area contributed by atoms with Crippen molar-refractivity contribution in [2.45, 2.75) is 43.1 Å². The van der Waals surface area contributed by atoms with Gasteiger partial charge in [0, 0.05) is 22.0 Å². The Bertz CT molecular complexity index is 473. The molecule has 0 N–H and O–H groups in total. The van der Waals surface area contributed by atoms with Crippen molar-refractivity contribution < 1.29 is 9.18 Å². The maximum absolute atomic E-state index is 13.1. The molecule has 0 amide bonds. The highest BCUT2D eigenvalue weighted by atomic mass is 32.2. The third-order valence-corrected chi connectivity index (χ3v) is 5.74. The smallest absolute Gasteiger partial charge is 0.166 e. The molecule has 2 aliphatic rings. The van der Waals surface area contributed by atoms with Crippen LogP contribution in [0.5, 0.6) is 0 Å². The second-order valence-corrected chi connectivity index (χ2v) is 7.05. The average Bonchev–Trinajstić information content (AvgIpc) is 2.67. The van der Waals surface area contributed by atoms with Gasteiger partial charge in [0.05, 0.1) is 0 Å². The summed E-state index contributed by atoms with van der Waals surface area (Å²) in [5.74, 6) is 0.126. The van der Waals surface area contributed by atoms with Gasteiger partial charge in [0.1, 0.15) is 5.82 Å². The summed E-state index contributed by atoms with van der Waals surface area (Å²) in [6.45, 7) is 1.82. The lowest BCUT2D eigenvalue weighted by Gasteiger charge is -2.26. The van der Waals surface area contributed by atoms with Crippen LogP contribution in [0.15, 0.2) is 18.2 Å². The number of carbonyl (C=O) groups is 1. The molecule has 2 fully saturated rings. The minimum absolute atomic E-state index is 0.160. The highest BCUT2D eigenvalue weighted by Gasteiger charge is 2.38. The second kappa shape index (κ2) is 4.69. The molecule has 96 valence electrons. The summed E-state index contributed by atoms with van der Waals surface area (Å²) in [5.41, 5.74) is 1.48. The zero-order chi connectivity index (χ0) is 12.7. The van der Waals surface area contributed by atoms with Gasteiger partial charge in [0.15, 0.2) is 5.78 Å². The minimum Gasteiger partial charge on any atom is -0.294 e. The van der Waals surface area contributed by atoms with Crippen molar-refractivity contribution in [2.75, 3.05) is 0 Å². The number of benzene rings is 1. The monoisotopic (exact) mass is 264 g/mol. The van der Waals surface area contributed by atoms with E-state index in [0.717, 1.165) is 18.4 Å². The third kappa shape index (κ3) is 2.20. The zero-order valence-corrected chi connectivity index (χ0v) is 11.3. The van der Waals surface area contributed by atoms with Gasteiger partial charge in [-0.05, 0) is 56.4 Å². The molecule has 2 heterocycles. The molecule has 0 aromatic heterocycles. The Morgan fingerprint density at radius 2 is 1.94 bits per heavy atom. The molecule has 1 nitrogen and oxygen atoms in total. The van der Waals surface area contributed by atoms with Gasteiger partial charge < -0.3 is 0 Å². The van der Waals surface area contributed by atoms with Crippen LogP contribution in [0.3, 0.4) is 0 Å². The minimum atomic E-state index is -0.261. The lowest BCUT2D eigenvalue weighted by Crippen LogP contribution is -2.25. The van der Waals surface area contributed by atoms with Gasteiger partial charge in [-0.3, -0.25) is 4.79 Å². The lowest BCUT2D eigenvalue weighted by atomic mass is 9.88. The number of hydrogen-bond acceptors (Lipinski definition) is 2. The van der Waals surface area contributed by atoms with Crippen LogP contribution in [0.2, 0.25) is 0 Å². The molecule has 18 heavy (non-hydrogen) atoms. The van der Waals surface area contributed by atoms with Gasteiger partial charge >= 0.3 is 0 Å². The molecule has 0 spiro atoms. The number of halogens is 1. The van der Waals surface area contributed by atoms with Crippen LogP contribution in [0.4, 0.5) is 4.39 Å². The zero-order valence-electron chi connectivity index (χ0n) is 10.5. The first-order chi connectivity index (χ1) is 8.63. The largest absolute Gasteiger partial charge is 0.294 e. The molecule has 3 heteroatoms. The predicted molar refractivity (Wildman–Crippen MR) is 72.6 cm³/mol. The van der Waals surface area contributed by atoms with Crippen LogP contribution < -0.4 is 0 Å². The summed E-state index contributed by atoms with van der Waals surface area (Å²) in [6, 6.07) is 4.50. The van der Waals surface area contributed by atoms with Crippen LogP contribution in [0, 0.1) is 18.7 Å². The molecule has 2 bridgehead atoms. The quantitative estimate of drug-likeness (QED) is 0.751. The number of rotatable bonds is 2. The number of aryl methyl sites for hydroxylation is 1. The number of hydrogen-bond donors (Lipinski definition) is 0. The van der Waals surface area contributed by atoms with Crippen molar-refractivity contribution in [3.05, 3.63) is 35.1 Å². The van der Waals surface area contributed by atoms with E-state index in [1.165, 1.54) is 25.0 Å². The van der Waals surface area contributed by atoms with E-state index in [4.69, 9.17) is 0 Å². The number of thioether (sulfide) groups is 1. The first-order valence-corrected chi connectivity index (χ1v) is 7.53. The van der Waals surface area contributed by atoms with Crippen molar-refractivity contribution >= 4 is 17.5 Å². The number of fused-ring (bicyclic) bond motifs is 2. The molecule has 1 aromatic rings. The Balaban J connectivity index is 1.82. The molecule has 2 saturated heterocycles. The van der Waals surface area contributed by atoms with Crippen LogP contribution in [-0.4, -0.2) is 16.3 Å². The Labute approximate surface area is 111 Å². The summed E-state index contributed by atoms with van der Waals surface area (Å²) < 4.78 is 13.1. The van der Waals surface area contributed by atoms with E-state index in [1.54, 1.807) is 6.07 Å². The Kier molecular flexibility index (Phi) is 3.18. The van der Waals surface area contributed by atoms with Crippen LogP contribution >= 0.6 is 11.8 Å². The first-order valence-electron chi connectivity index (χ1n) is 6.59. The Morgan fingerprint density at radius 1 is 1.28 bits per heavy atom. The molecule has 0 radical (unpaired) electrons. The summed E-state index contributed by atoms with van der Waals surface area (Å²) in [6.07, 6.45) is 4.55. The van der Waals surface area contributed by atoms with E-state index in [9.17, 15) is 9.18 Å². The van der Waals surface area contributed by atoms with Gasteiger partial charge in [-0.2, -0.15) is 11.8 Å². The number of Topliss-reactive ketones (excluding diaryl/α,β-unsaturated/α-hetero) is 1. The summed E-state index contributed by atoms with van der Waals surface area (Å²) in [7, 11) is 0. The fourth-order valence-corrected chi connectivity index (χ4v) is 4.97. The molecule has 2 unspecified atom stereocenters. The van der Waals surface area contributed by atoms with Crippen molar-refractivity contribution in [1.82, 2.24) is 0 Å². The predicted octanol–water partition coefficient (Wildman–Crippen LogP) is 3.99. The number of carbonyl (C=O) groups excluding carboxylic acids is 1. The normalized spacial score (nSPS) is 30.4. The highest BCUT2D eigenvalue weighted by molar-refractivity contribution is 8.00. The highest BCUT2D eigenvalue weighted by Crippen LogP contribution is 2.46.